The van der Waals surface area contributed by atoms with Crippen LogP contribution in [0, 0.1) is 11.3 Å². The van der Waals surface area contributed by atoms with Crippen molar-refractivity contribution in [1.82, 2.24) is 9.13 Å². The van der Waals surface area contributed by atoms with Gasteiger partial charge < -0.3 is 14.9 Å². The quantitative estimate of drug-likeness (QED) is 0.673. The number of rotatable bonds is 6. The minimum Gasteiger partial charge on any atom is -0.495 e. The lowest BCUT2D eigenvalue weighted by Crippen LogP contribution is -2.31. The summed E-state index contributed by atoms with van der Waals surface area (Å²) in [4.78, 5) is 13.0. The number of imidazole rings is 1. The third kappa shape index (κ3) is 3.43. The molecule has 0 atom stereocenters. The zero-order chi connectivity index (χ0) is 19.6. The number of fused-ring (bicyclic) bond motifs is 1. The van der Waals surface area contributed by atoms with Gasteiger partial charge in [-0.25, -0.2) is 4.79 Å². The highest BCUT2D eigenvalue weighted by atomic mass is 35.5. The predicted octanol–water partition coefficient (Wildman–Crippen LogP) is 1.91. The molecule has 0 bridgehead atoms. The van der Waals surface area contributed by atoms with Gasteiger partial charge in [0.1, 0.15) is 5.75 Å². The van der Waals surface area contributed by atoms with Gasteiger partial charge in [-0.05, 0) is 35.9 Å². The van der Waals surface area contributed by atoms with E-state index in [4.69, 9.17) is 16.3 Å². The van der Waals surface area contributed by atoms with Gasteiger partial charge in [-0.15, -0.1) is 0 Å². The maximum atomic E-state index is 13.0. The van der Waals surface area contributed by atoms with Gasteiger partial charge in [0.15, 0.2) is 0 Å². The highest BCUT2D eigenvalue weighted by molar-refractivity contribution is 6.32. The van der Waals surface area contributed by atoms with Gasteiger partial charge in [-0.1, -0.05) is 17.7 Å². The molecule has 3 aromatic rings. The lowest BCUT2D eigenvalue weighted by atomic mass is 10.2. The summed E-state index contributed by atoms with van der Waals surface area (Å²) >= 11 is 6.06. The van der Waals surface area contributed by atoms with Crippen LogP contribution in [0.1, 0.15) is 17.2 Å². The molecule has 0 aliphatic carbocycles. The average Bonchev–Trinajstić information content (AvgIpc) is 2.96. The molecule has 0 radical (unpaired) electrons. The van der Waals surface area contributed by atoms with E-state index < -0.39 is 6.04 Å². The summed E-state index contributed by atoms with van der Waals surface area (Å²) in [5, 5.41) is 28.8. The number of benzene rings is 2. The van der Waals surface area contributed by atoms with Crippen LogP contribution in [0.15, 0.2) is 41.2 Å². The van der Waals surface area contributed by atoms with Crippen molar-refractivity contribution in [2.45, 2.75) is 12.6 Å². The third-order valence-electron chi connectivity index (χ3n) is 4.43. The number of hydrogen-bond acceptors (Lipinski definition) is 5. The van der Waals surface area contributed by atoms with Crippen LogP contribution < -0.4 is 10.4 Å². The van der Waals surface area contributed by atoms with E-state index in [0.29, 0.717) is 27.4 Å². The molecule has 0 saturated carbocycles. The Hall–Kier alpha value is -2.79. The summed E-state index contributed by atoms with van der Waals surface area (Å²) in [7, 11) is 1.51. The second kappa shape index (κ2) is 7.84. The second-order valence-corrected chi connectivity index (χ2v) is 6.45. The number of aromatic nitrogens is 2. The van der Waals surface area contributed by atoms with Gasteiger partial charge in [0.2, 0.25) is 0 Å². The zero-order valence-corrected chi connectivity index (χ0v) is 15.3. The summed E-state index contributed by atoms with van der Waals surface area (Å²) in [6, 6.07) is 11.4. The number of nitriles is 1. The molecule has 2 aromatic carbocycles. The van der Waals surface area contributed by atoms with Crippen LogP contribution in [0.4, 0.5) is 0 Å². The van der Waals surface area contributed by atoms with E-state index in [1.165, 1.54) is 16.2 Å². The van der Waals surface area contributed by atoms with Gasteiger partial charge in [-0.2, -0.15) is 5.26 Å². The summed E-state index contributed by atoms with van der Waals surface area (Å²) in [6.45, 7) is -0.553. The molecule has 2 N–H and O–H groups in total. The molecule has 0 saturated heterocycles. The van der Waals surface area contributed by atoms with Crippen molar-refractivity contribution >= 4 is 22.6 Å². The lowest BCUT2D eigenvalue weighted by molar-refractivity contribution is 0.154. The van der Waals surface area contributed by atoms with E-state index in [-0.39, 0.29) is 25.4 Å². The maximum Gasteiger partial charge on any atom is 0.329 e. The van der Waals surface area contributed by atoms with Crippen LogP contribution in [-0.4, -0.2) is 39.7 Å². The largest absolute Gasteiger partial charge is 0.495 e. The summed E-state index contributed by atoms with van der Waals surface area (Å²) in [5.41, 5.74) is 1.88. The first-order valence-electron chi connectivity index (χ1n) is 8.23. The minimum absolute atomic E-state index is 0.217. The Kier molecular flexibility index (Phi) is 5.51. The van der Waals surface area contributed by atoms with Crippen molar-refractivity contribution in [3.8, 4) is 11.8 Å². The van der Waals surface area contributed by atoms with Crippen LogP contribution >= 0.6 is 11.6 Å². The molecule has 0 amide bonds. The molecular formula is C19H18ClN3O4. The van der Waals surface area contributed by atoms with Crippen molar-refractivity contribution in [1.29, 1.82) is 5.26 Å². The van der Waals surface area contributed by atoms with E-state index in [1.807, 2.05) is 0 Å². The molecule has 0 fully saturated rings. The molecule has 1 heterocycles. The fraction of sp³-hybridized carbons (Fsp3) is 0.263. The van der Waals surface area contributed by atoms with Crippen molar-refractivity contribution in [2.75, 3.05) is 20.3 Å². The van der Waals surface area contributed by atoms with E-state index in [9.17, 15) is 20.3 Å². The SMILES string of the molecule is COc1cc(Cn2c(=O)n(C(CO)CO)c3ccc(C#N)cc32)ccc1Cl. The summed E-state index contributed by atoms with van der Waals surface area (Å²) < 4.78 is 8.07. The summed E-state index contributed by atoms with van der Waals surface area (Å²) in [6.07, 6.45) is 0. The fourth-order valence-corrected chi connectivity index (χ4v) is 3.26. The Labute approximate surface area is 160 Å². The molecule has 140 valence electrons. The van der Waals surface area contributed by atoms with E-state index in [1.54, 1.807) is 36.4 Å². The van der Waals surface area contributed by atoms with Crippen LogP contribution in [0.5, 0.6) is 5.75 Å². The average molecular weight is 388 g/mol. The van der Waals surface area contributed by atoms with Crippen LogP contribution in [-0.2, 0) is 6.54 Å². The highest BCUT2D eigenvalue weighted by Gasteiger charge is 2.20. The number of methoxy groups -OCH3 is 1. The molecule has 0 spiro atoms. The number of aliphatic hydroxyl groups is 2. The number of ether oxygens (including phenoxy) is 1. The van der Waals surface area contributed by atoms with E-state index >= 15 is 0 Å². The van der Waals surface area contributed by atoms with E-state index in [0.717, 1.165) is 5.56 Å². The van der Waals surface area contributed by atoms with Crippen molar-refractivity contribution in [2.24, 2.45) is 0 Å². The first-order chi connectivity index (χ1) is 13.0. The molecule has 8 heteroatoms. The van der Waals surface area contributed by atoms with Gasteiger partial charge in [0, 0.05) is 0 Å². The maximum absolute atomic E-state index is 13.0. The lowest BCUT2D eigenvalue weighted by Gasteiger charge is -2.12. The van der Waals surface area contributed by atoms with Gasteiger partial charge >= 0.3 is 5.69 Å². The Morgan fingerprint density at radius 2 is 1.93 bits per heavy atom. The third-order valence-corrected chi connectivity index (χ3v) is 4.75. The van der Waals surface area contributed by atoms with Crippen molar-refractivity contribution in [3.05, 3.63) is 63.0 Å². The monoisotopic (exact) mass is 387 g/mol. The summed E-state index contributed by atoms with van der Waals surface area (Å²) in [5.74, 6) is 0.493. The number of hydrogen-bond donors (Lipinski definition) is 2. The van der Waals surface area contributed by atoms with Crippen LogP contribution in [0.25, 0.3) is 11.0 Å². The smallest absolute Gasteiger partial charge is 0.329 e. The van der Waals surface area contributed by atoms with Gasteiger partial charge in [0.25, 0.3) is 0 Å². The zero-order valence-electron chi connectivity index (χ0n) is 14.6. The topological polar surface area (TPSA) is 100 Å². The Morgan fingerprint density at radius 3 is 2.56 bits per heavy atom. The fourth-order valence-electron chi connectivity index (χ4n) is 3.06. The molecule has 0 aliphatic rings. The van der Waals surface area contributed by atoms with Crippen molar-refractivity contribution < 1.29 is 14.9 Å². The normalized spacial score (nSPS) is 11.1. The highest BCUT2D eigenvalue weighted by Crippen LogP contribution is 2.26. The second-order valence-electron chi connectivity index (χ2n) is 6.04. The van der Waals surface area contributed by atoms with Crippen LogP contribution in [0.3, 0.4) is 0 Å². The molecule has 1 aromatic heterocycles. The Balaban J connectivity index is 2.21. The van der Waals surface area contributed by atoms with Gasteiger partial charge in [-0.3, -0.25) is 9.13 Å². The number of aliphatic hydroxyl groups excluding tert-OH is 2. The molecule has 7 nitrogen and oxygen atoms in total. The van der Waals surface area contributed by atoms with Crippen molar-refractivity contribution in [3.63, 3.8) is 0 Å². The molecule has 0 unspecified atom stereocenters. The number of nitrogens with zero attached hydrogens (tertiary/aromatic N) is 3. The number of halogens is 1. The van der Waals surface area contributed by atoms with Crippen LogP contribution in [0.2, 0.25) is 5.02 Å². The first kappa shape index (κ1) is 19.0. The first-order valence-corrected chi connectivity index (χ1v) is 8.60. The minimum atomic E-state index is -0.770. The standard InChI is InChI=1S/C19H18ClN3O4/c1-27-18-7-13(2-4-15(18)20)9-22-17-6-12(8-21)3-5-16(17)23(19(22)26)14(10-24)11-25/h2-7,14,24-25H,9-11H2,1H3. The molecule has 3 rings (SSSR count). The molecular weight excluding hydrogens is 370 g/mol. The molecule has 27 heavy (non-hydrogen) atoms. The van der Waals surface area contributed by atoms with E-state index in [2.05, 4.69) is 6.07 Å². The van der Waals surface area contributed by atoms with Gasteiger partial charge in [0.05, 0.1) is 60.6 Å². The Morgan fingerprint density at radius 1 is 1.19 bits per heavy atom. The molecule has 0 aliphatic heterocycles. The predicted molar refractivity (Wildman–Crippen MR) is 101 cm³/mol. The Bertz CT molecular complexity index is 1080.